The van der Waals surface area contributed by atoms with Gasteiger partial charge in [0.1, 0.15) is 5.68 Å². The van der Waals surface area contributed by atoms with Crippen LogP contribution in [0.5, 0.6) is 0 Å². The molecule has 0 bridgehead atoms. The Kier molecular flexibility index (Phi) is 1.89. The molecule has 0 spiro atoms. The Morgan fingerprint density at radius 1 is 1.00 bits per heavy atom. The quantitative estimate of drug-likeness (QED) is 0.593. The minimum Gasteiger partial charge on any atom is -0.307 e. The van der Waals surface area contributed by atoms with E-state index >= 15 is 0 Å². The van der Waals surface area contributed by atoms with E-state index in [2.05, 4.69) is 0 Å². The van der Waals surface area contributed by atoms with Gasteiger partial charge in [0.25, 0.3) is 0 Å². The van der Waals surface area contributed by atoms with Crippen LogP contribution in [0.3, 0.4) is 0 Å². The van der Waals surface area contributed by atoms with Crippen LogP contribution in [0, 0.1) is 0 Å². The maximum atomic E-state index is 11.0. The van der Waals surface area contributed by atoms with Crippen LogP contribution < -0.4 is 0 Å². The summed E-state index contributed by atoms with van der Waals surface area (Å²) in [5.74, 6) is 0. The van der Waals surface area contributed by atoms with Crippen LogP contribution in [0.25, 0.3) is 10.8 Å². The van der Waals surface area contributed by atoms with E-state index < -0.39 is 0 Å². The first-order valence-electron chi connectivity index (χ1n) is 4.06. The Bertz CT molecular complexity index is 457. The molecule has 0 aliphatic heterocycles. The van der Waals surface area contributed by atoms with Crippen molar-refractivity contribution in [3.63, 3.8) is 0 Å². The van der Waals surface area contributed by atoms with Crippen molar-refractivity contribution in [2.45, 2.75) is 0 Å². The molecule has 0 unspecified atom stereocenters. The molecule has 0 atom stereocenters. The van der Waals surface area contributed by atoms with Gasteiger partial charge in [-0.3, -0.25) is 0 Å². The standard InChI is InChI=1S/C11H7BO/c12-11(13)10-7-3-5-8-4-1-2-6-9(8)10/h1-7H. The van der Waals surface area contributed by atoms with Gasteiger partial charge in [-0.15, -0.1) is 0 Å². The predicted molar refractivity (Wildman–Crippen MR) is 54.0 cm³/mol. The molecule has 0 amide bonds. The van der Waals surface area contributed by atoms with Crippen LogP contribution in [-0.2, 0) is 0 Å². The van der Waals surface area contributed by atoms with Gasteiger partial charge in [0.15, 0.2) is 7.85 Å². The molecule has 2 heteroatoms. The van der Waals surface area contributed by atoms with Gasteiger partial charge in [-0.2, -0.15) is 0 Å². The second-order valence-electron chi connectivity index (χ2n) is 2.89. The first kappa shape index (κ1) is 8.05. The molecule has 2 aromatic carbocycles. The average Bonchev–Trinajstić information content (AvgIpc) is 2.17. The molecule has 0 N–H and O–H groups in total. The minimum absolute atomic E-state index is 0.378. The molecule has 1 nitrogen and oxygen atoms in total. The third-order valence-electron chi connectivity index (χ3n) is 2.06. The summed E-state index contributed by atoms with van der Waals surface area (Å²) in [7, 11) is 5.24. The summed E-state index contributed by atoms with van der Waals surface area (Å²) in [6.07, 6.45) is 0. The lowest BCUT2D eigenvalue weighted by atomic mass is 9.91. The summed E-state index contributed by atoms with van der Waals surface area (Å²) in [6.45, 7) is 0. The Morgan fingerprint density at radius 3 is 2.46 bits per heavy atom. The second-order valence-corrected chi connectivity index (χ2v) is 2.89. The van der Waals surface area contributed by atoms with E-state index in [1.807, 2.05) is 36.4 Å². The SMILES string of the molecule is [B]C(=O)c1cccc2ccccc12. The molecule has 0 saturated carbocycles. The Balaban J connectivity index is 2.83. The minimum atomic E-state index is -0.378. The first-order chi connectivity index (χ1) is 6.29. The maximum absolute atomic E-state index is 11.0. The van der Waals surface area contributed by atoms with E-state index in [9.17, 15) is 4.79 Å². The highest BCUT2D eigenvalue weighted by Crippen LogP contribution is 2.17. The van der Waals surface area contributed by atoms with Crippen LogP contribution >= 0.6 is 0 Å². The lowest BCUT2D eigenvalue weighted by Crippen LogP contribution is -1.97. The fourth-order valence-corrected chi connectivity index (χ4v) is 1.44. The highest BCUT2D eigenvalue weighted by atomic mass is 16.1. The molecule has 0 heterocycles. The lowest BCUT2D eigenvalue weighted by molar-refractivity contribution is 0.108. The molecule has 0 aliphatic rings. The van der Waals surface area contributed by atoms with E-state index in [-0.39, 0.29) is 5.68 Å². The monoisotopic (exact) mass is 166 g/mol. The highest BCUT2D eigenvalue weighted by molar-refractivity contribution is 6.63. The summed E-state index contributed by atoms with van der Waals surface area (Å²) >= 11 is 0. The molecule has 13 heavy (non-hydrogen) atoms. The summed E-state index contributed by atoms with van der Waals surface area (Å²) < 4.78 is 0. The molecule has 2 aromatic rings. The van der Waals surface area contributed by atoms with E-state index in [1.165, 1.54) is 0 Å². The number of hydrogen-bond donors (Lipinski definition) is 0. The van der Waals surface area contributed by atoms with Crippen LogP contribution in [0.15, 0.2) is 42.5 Å². The number of carbonyl (C=O) groups excluding carboxylic acids is 1. The van der Waals surface area contributed by atoms with Crippen molar-refractivity contribution in [1.29, 1.82) is 0 Å². The molecule has 2 rings (SSSR count). The van der Waals surface area contributed by atoms with Crippen LogP contribution in [0.2, 0.25) is 0 Å². The van der Waals surface area contributed by atoms with Gasteiger partial charge in [0, 0.05) is 5.56 Å². The van der Waals surface area contributed by atoms with E-state index in [1.54, 1.807) is 6.07 Å². The number of benzene rings is 2. The Morgan fingerprint density at radius 2 is 1.69 bits per heavy atom. The second kappa shape index (κ2) is 3.06. The van der Waals surface area contributed by atoms with Crippen LogP contribution in [0.4, 0.5) is 0 Å². The van der Waals surface area contributed by atoms with Gasteiger partial charge in [-0.05, 0) is 10.8 Å². The van der Waals surface area contributed by atoms with Gasteiger partial charge >= 0.3 is 0 Å². The largest absolute Gasteiger partial charge is 0.307 e. The van der Waals surface area contributed by atoms with Gasteiger partial charge in [-0.25, -0.2) is 0 Å². The molecule has 0 saturated heterocycles. The zero-order valence-electron chi connectivity index (χ0n) is 7.03. The molecule has 0 aromatic heterocycles. The van der Waals surface area contributed by atoms with Crippen LogP contribution in [0.1, 0.15) is 10.4 Å². The van der Waals surface area contributed by atoms with Crippen molar-refractivity contribution in [1.82, 2.24) is 0 Å². The number of carbonyl (C=O) groups is 1. The van der Waals surface area contributed by atoms with Crippen molar-refractivity contribution in [2.75, 3.05) is 0 Å². The van der Waals surface area contributed by atoms with E-state index in [0.29, 0.717) is 5.56 Å². The van der Waals surface area contributed by atoms with Crippen molar-refractivity contribution < 1.29 is 4.79 Å². The van der Waals surface area contributed by atoms with Crippen LogP contribution in [-0.4, -0.2) is 13.5 Å². The van der Waals surface area contributed by atoms with E-state index in [4.69, 9.17) is 7.85 Å². The zero-order valence-corrected chi connectivity index (χ0v) is 7.03. The van der Waals surface area contributed by atoms with Gasteiger partial charge in [-0.1, -0.05) is 42.5 Å². The molecule has 60 valence electrons. The van der Waals surface area contributed by atoms with Gasteiger partial charge in [0.05, 0.1) is 0 Å². The van der Waals surface area contributed by atoms with Crippen molar-refractivity contribution >= 4 is 24.3 Å². The summed E-state index contributed by atoms with van der Waals surface area (Å²) in [5.41, 5.74) is 0.204. The Labute approximate surface area is 77.8 Å². The summed E-state index contributed by atoms with van der Waals surface area (Å²) in [6, 6.07) is 13.2. The molecular weight excluding hydrogens is 159 g/mol. The highest BCUT2D eigenvalue weighted by Gasteiger charge is 2.02. The number of hydrogen-bond acceptors (Lipinski definition) is 1. The normalized spacial score (nSPS) is 10.2. The van der Waals surface area contributed by atoms with Gasteiger partial charge in [0.2, 0.25) is 0 Å². The first-order valence-corrected chi connectivity index (χ1v) is 4.06. The predicted octanol–water partition coefficient (Wildman–Crippen LogP) is 2.15. The number of rotatable bonds is 1. The third-order valence-corrected chi connectivity index (χ3v) is 2.06. The van der Waals surface area contributed by atoms with Gasteiger partial charge < -0.3 is 4.79 Å². The molecule has 0 aliphatic carbocycles. The maximum Gasteiger partial charge on any atom is 0.175 e. The van der Waals surface area contributed by atoms with Crippen molar-refractivity contribution in [3.8, 4) is 0 Å². The third kappa shape index (κ3) is 1.35. The molecule has 2 radical (unpaired) electrons. The smallest absolute Gasteiger partial charge is 0.175 e. The fourth-order valence-electron chi connectivity index (χ4n) is 1.44. The summed E-state index contributed by atoms with van der Waals surface area (Å²) in [5, 5.41) is 1.95. The topological polar surface area (TPSA) is 17.1 Å². The van der Waals surface area contributed by atoms with Crippen molar-refractivity contribution in [2.24, 2.45) is 0 Å². The molecule has 0 fully saturated rings. The summed E-state index contributed by atoms with van der Waals surface area (Å²) in [4.78, 5) is 11.0. The van der Waals surface area contributed by atoms with Crippen molar-refractivity contribution in [3.05, 3.63) is 48.0 Å². The average molecular weight is 166 g/mol. The zero-order chi connectivity index (χ0) is 9.26. The van der Waals surface area contributed by atoms with E-state index in [0.717, 1.165) is 10.8 Å². The Hall–Kier alpha value is -1.57. The lowest BCUT2D eigenvalue weighted by Gasteiger charge is -2.01. The number of fused-ring (bicyclic) bond motifs is 1. The fraction of sp³-hybridized carbons (Fsp3) is 0. The molecular formula is C11H7BO.